The lowest BCUT2D eigenvalue weighted by molar-refractivity contribution is 0.0952. The molecule has 1 rings (SSSR count). The molecule has 0 aliphatic carbocycles. The van der Waals surface area contributed by atoms with E-state index in [-0.39, 0.29) is 11.7 Å². The van der Waals surface area contributed by atoms with Gasteiger partial charge in [-0.1, -0.05) is 0 Å². The average molecular weight is 219 g/mol. The molecule has 0 atom stereocenters. The summed E-state index contributed by atoms with van der Waals surface area (Å²) >= 11 is 0. The highest BCUT2D eigenvalue weighted by molar-refractivity contribution is 5.94. The Bertz CT molecular complexity index is 398. The fourth-order valence-corrected chi connectivity index (χ4v) is 1.19. The summed E-state index contributed by atoms with van der Waals surface area (Å²) in [7, 11) is 0. The molecular weight excluding hydrogens is 206 g/mol. The van der Waals surface area contributed by atoms with Crippen LogP contribution < -0.4 is 5.32 Å². The van der Waals surface area contributed by atoms with E-state index in [4.69, 9.17) is 10.4 Å². The highest BCUT2D eigenvalue weighted by Crippen LogP contribution is 2.08. The van der Waals surface area contributed by atoms with Crippen molar-refractivity contribution < 1.29 is 9.90 Å². The van der Waals surface area contributed by atoms with Crippen LogP contribution in [0.2, 0.25) is 0 Å². The number of carbonyl (C=O) groups is 1. The zero-order valence-corrected chi connectivity index (χ0v) is 8.81. The maximum Gasteiger partial charge on any atom is 0.252 e. The van der Waals surface area contributed by atoms with Gasteiger partial charge in [0.15, 0.2) is 0 Å². The first kappa shape index (κ1) is 12.0. The van der Waals surface area contributed by atoms with Crippen LogP contribution in [0.5, 0.6) is 5.75 Å². The monoisotopic (exact) mass is 219 g/mol. The number of unbranched alkanes of at least 4 members (excludes halogenated alkanes) is 2. The molecule has 0 unspecified atom stereocenters. The van der Waals surface area contributed by atoms with Crippen molar-refractivity contribution >= 4 is 5.91 Å². The van der Waals surface area contributed by atoms with E-state index in [1.807, 2.05) is 6.07 Å². The van der Waals surface area contributed by atoms with Crippen LogP contribution in [0.3, 0.4) is 0 Å². The standard InChI is InChI=1S/C11H13N3O2/c12-4-2-1-3-5-14-11(16)9-6-10(15)8-13-7-9/h6-8,15H,1-3,5H2,(H,14,16). The molecule has 16 heavy (non-hydrogen) atoms. The van der Waals surface area contributed by atoms with Crippen LogP contribution in [-0.4, -0.2) is 22.5 Å². The number of nitriles is 1. The van der Waals surface area contributed by atoms with Crippen LogP contribution in [0.4, 0.5) is 0 Å². The first-order valence-electron chi connectivity index (χ1n) is 5.03. The molecule has 0 fully saturated rings. The summed E-state index contributed by atoms with van der Waals surface area (Å²) in [6, 6.07) is 3.40. The third-order valence-corrected chi connectivity index (χ3v) is 1.99. The number of aromatic hydroxyl groups is 1. The predicted molar refractivity (Wildman–Crippen MR) is 57.7 cm³/mol. The minimum Gasteiger partial charge on any atom is -0.506 e. The minimum absolute atomic E-state index is 0.0304. The molecule has 2 N–H and O–H groups in total. The van der Waals surface area contributed by atoms with Crippen LogP contribution >= 0.6 is 0 Å². The van der Waals surface area contributed by atoms with Crippen LogP contribution in [0.25, 0.3) is 0 Å². The van der Waals surface area contributed by atoms with Gasteiger partial charge in [-0.2, -0.15) is 5.26 Å². The van der Waals surface area contributed by atoms with Crippen LogP contribution in [0, 0.1) is 11.3 Å². The van der Waals surface area contributed by atoms with Crippen molar-refractivity contribution in [3.05, 3.63) is 24.0 Å². The highest BCUT2D eigenvalue weighted by atomic mass is 16.3. The van der Waals surface area contributed by atoms with Gasteiger partial charge in [0, 0.05) is 19.2 Å². The number of nitrogens with one attached hydrogen (secondary N) is 1. The molecule has 1 amide bonds. The molecule has 1 aromatic rings. The Morgan fingerprint density at radius 2 is 2.31 bits per heavy atom. The van der Waals surface area contributed by atoms with Gasteiger partial charge < -0.3 is 10.4 Å². The van der Waals surface area contributed by atoms with Crippen molar-refractivity contribution in [3.8, 4) is 11.8 Å². The lowest BCUT2D eigenvalue weighted by atomic mass is 10.2. The Labute approximate surface area is 93.7 Å². The van der Waals surface area contributed by atoms with Crippen LogP contribution in [0.1, 0.15) is 29.6 Å². The van der Waals surface area contributed by atoms with E-state index in [2.05, 4.69) is 10.3 Å². The van der Waals surface area contributed by atoms with Gasteiger partial charge in [-0.3, -0.25) is 9.78 Å². The summed E-state index contributed by atoms with van der Waals surface area (Å²) in [5.74, 6) is -0.294. The van der Waals surface area contributed by atoms with E-state index in [1.165, 1.54) is 18.5 Å². The van der Waals surface area contributed by atoms with Gasteiger partial charge in [0.05, 0.1) is 17.8 Å². The normalized spacial score (nSPS) is 9.44. The number of hydrogen-bond donors (Lipinski definition) is 2. The van der Waals surface area contributed by atoms with Gasteiger partial charge in [0.25, 0.3) is 5.91 Å². The van der Waals surface area contributed by atoms with Gasteiger partial charge >= 0.3 is 0 Å². The van der Waals surface area contributed by atoms with Crippen molar-refractivity contribution in [1.29, 1.82) is 5.26 Å². The highest BCUT2D eigenvalue weighted by Gasteiger charge is 2.05. The Hall–Kier alpha value is -2.09. The molecule has 5 heteroatoms. The third kappa shape index (κ3) is 3.96. The maximum atomic E-state index is 11.5. The number of carbonyl (C=O) groups excluding carboxylic acids is 1. The van der Waals surface area contributed by atoms with Crippen molar-refractivity contribution in [2.24, 2.45) is 0 Å². The maximum absolute atomic E-state index is 11.5. The average Bonchev–Trinajstić information content (AvgIpc) is 2.28. The lowest BCUT2D eigenvalue weighted by Crippen LogP contribution is -2.24. The fraction of sp³-hybridized carbons (Fsp3) is 0.364. The first-order chi connectivity index (χ1) is 7.74. The molecule has 0 saturated carbocycles. The molecule has 5 nitrogen and oxygen atoms in total. The summed E-state index contributed by atoms with van der Waals surface area (Å²) in [6.07, 6.45) is 4.71. The van der Waals surface area contributed by atoms with E-state index in [9.17, 15) is 4.79 Å². The molecule has 1 aromatic heterocycles. The zero-order valence-electron chi connectivity index (χ0n) is 8.81. The Kier molecular flexibility index (Phi) is 4.80. The Morgan fingerprint density at radius 3 is 3.00 bits per heavy atom. The quantitative estimate of drug-likeness (QED) is 0.729. The van der Waals surface area contributed by atoms with E-state index in [1.54, 1.807) is 0 Å². The molecule has 1 heterocycles. The second-order valence-electron chi connectivity index (χ2n) is 3.30. The molecule has 0 radical (unpaired) electrons. The SMILES string of the molecule is N#CCCCCNC(=O)c1cncc(O)c1. The van der Waals surface area contributed by atoms with Gasteiger partial charge in [0.2, 0.25) is 0 Å². The number of amides is 1. The first-order valence-corrected chi connectivity index (χ1v) is 5.03. The van der Waals surface area contributed by atoms with Crippen molar-refractivity contribution in [2.45, 2.75) is 19.3 Å². The Balaban J connectivity index is 2.33. The van der Waals surface area contributed by atoms with E-state index >= 15 is 0 Å². The number of aromatic nitrogens is 1. The summed E-state index contributed by atoms with van der Waals surface area (Å²) < 4.78 is 0. The molecular formula is C11H13N3O2. The van der Waals surface area contributed by atoms with Crippen molar-refractivity contribution in [2.75, 3.05) is 6.54 Å². The number of nitrogens with zero attached hydrogens (tertiary/aromatic N) is 2. The van der Waals surface area contributed by atoms with Crippen molar-refractivity contribution in [1.82, 2.24) is 10.3 Å². The summed E-state index contributed by atoms with van der Waals surface area (Å²) in [4.78, 5) is 15.2. The minimum atomic E-state index is -0.264. The van der Waals surface area contributed by atoms with E-state index < -0.39 is 0 Å². The van der Waals surface area contributed by atoms with E-state index in [0.29, 0.717) is 18.5 Å². The number of rotatable bonds is 5. The lowest BCUT2D eigenvalue weighted by Gasteiger charge is -2.03. The second kappa shape index (κ2) is 6.40. The van der Waals surface area contributed by atoms with Gasteiger partial charge in [-0.25, -0.2) is 0 Å². The third-order valence-electron chi connectivity index (χ3n) is 1.99. The topological polar surface area (TPSA) is 86.0 Å². The molecule has 0 aliphatic heterocycles. The number of hydrogen-bond acceptors (Lipinski definition) is 4. The number of pyridine rings is 1. The zero-order chi connectivity index (χ0) is 11.8. The van der Waals surface area contributed by atoms with Gasteiger partial charge in [0.1, 0.15) is 5.75 Å². The molecule has 0 bridgehead atoms. The molecule has 0 aliphatic rings. The second-order valence-corrected chi connectivity index (χ2v) is 3.30. The fourth-order valence-electron chi connectivity index (χ4n) is 1.19. The summed E-state index contributed by atoms with van der Waals surface area (Å²) in [5, 5.41) is 20.1. The van der Waals surface area contributed by atoms with Crippen LogP contribution in [-0.2, 0) is 0 Å². The van der Waals surface area contributed by atoms with Crippen LogP contribution in [0.15, 0.2) is 18.5 Å². The molecule has 84 valence electrons. The largest absolute Gasteiger partial charge is 0.506 e. The van der Waals surface area contributed by atoms with Gasteiger partial charge in [-0.05, 0) is 18.9 Å². The Morgan fingerprint density at radius 1 is 1.50 bits per heavy atom. The van der Waals surface area contributed by atoms with Gasteiger partial charge in [-0.15, -0.1) is 0 Å². The smallest absolute Gasteiger partial charge is 0.252 e. The molecule has 0 aromatic carbocycles. The summed E-state index contributed by atoms with van der Waals surface area (Å²) in [6.45, 7) is 0.524. The summed E-state index contributed by atoms with van der Waals surface area (Å²) in [5.41, 5.74) is 0.334. The van der Waals surface area contributed by atoms with Crippen molar-refractivity contribution in [3.63, 3.8) is 0 Å². The van der Waals surface area contributed by atoms with E-state index in [0.717, 1.165) is 12.8 Å². The molecule has 0 spiro atoms. The molecule has 0 saturated heterocycles. The predicted octanol–water partition coefficient (Wildman–Crippen LogP) is 1.21.